The van der Waals surface area contributed by atoms with Crippen molar-refractivity contribution in [2.75, 3.05) is 87.6 Å². The normalized spacial score (nSPS) is 12.4. The molecular formula is C53H72N14O13S2. The van der Waals surface area contributed by atoms with E-state index in [9.17, 15) is 44.1 Å². The van der Waals surface area contributed by atoms with Crippen molar-refractivity contribution in [1.82, 2.24) is 55.7 Å². The maximum atomic E-state index is 12.9. The van der Waals surface area contributed by atoms with Gasteiger partial charge in [0, 0.05) is 72.5 Å². The van der Waals surface area contributed by atoms with E-state index in [2.05, 4.69) is 76.8 Å². The highest BCUT2D eigenvalue weighted by Gasteiger charge is 2.26. The third kappa shape index (κ3) is 20.2. The van der Waals surface area contributed by atoms with Crippen LogP contribution in [0.4, 0.5) is 22.2 Å². The van der Waals surface area contributed by atoms with Crippen LogP contribution in [-0.2, 0) is 52.8 Å². The number of nitrogen functional groups attached to an aromatic ring is 2. The lowest BCUT2D eigenvalue weighted by Crippen LogP contribution is -2.44. The van der Waals surface area contributed by atoms with Crippen LogP contribution >= 0.6 is 21.6 Å². The van der Waals surface area contributed by atoms with Crippen LogP contribution in [-0.4, -0.2) is 169 Å². The number of nitrogens with two attached hydrogens (primary N) is 2. The summed E-state index contributed by atoms with van der Waals surface area (Å²) >= 11 is 0. The summed E-state index contributed by atoms with van der Waals surface area (Å²) in [6.45, 7) is 8.71. The molecule has 4 heterocycles. The summed E-state index contributed by atoms with van der Waals surface area (Å²) in [7, 11) is 2.56. The lowest BCUT2D eigenvalue weighted by atomic mass is 9.93. The number of para-hydroxylation sites is 1. The zero-order valence-corrected chi connectivity index (χ0v) is 47.6. The molecule has 0 fully saturated rings. The van der Waals surface area contributed by atoms with Crippen LogP contribution in [0.2, 0.25) is 0 Å². The number of alkyl carbamates (subject to hydrolysis) is 1. The second kappa shape index (κ2) is 32.3. The fourth-order valence-corrected chi connectivity index (χ4v) is 10.1. The summed E-state index contributed by atoms with van der Waals surface area (Å²) in [6, 6.07) is 11.9. The number of H-pyrrole nitrogens is 1. The predicted octanol–water partition coefficient (Wildman–Crippen LogP) is 2.88. The Balaban J connectivity index is 0.744. The minimum Gasteiger partial charge on any atom is -0.480 e. The fourth-order valence-electron chi connectivity index (χ4n) is 8.11. The van der Waals surface area contributed by atoms with E-state index in [-0.39, 0.29) is 113 Å². The Hall–Kier alpha value is -7.41. The van der Waals surface area contributed by atoms with Gasteiger partial charge in [-0.1, -0.05) is 67.0 Å². The minimum atomic E-state index is -1.92. The number of fused-ring (bicyclic) bond motifs is 4. The number of hydrogen-bond acceptors (Lipinski definition) is 22. The number of unbranched alkanes of at least 4 members (excludes halogenated alkanes) is 1. The molecule has 29 heteroatoms. The number of rotatable bonds is 36. The van der Waals surface area contributed by atoms with Crippen molar-refractivity contribution in [3.05, 3.63) is 82.2 Å². The van der Waals surface area contributed by atoms with Gasteiger partial charge in [-0.05, 0) is 43.2 Å². The molecule has 6 aromatic rings. The number of carbonyl (C=O) groups excluding carboxylic acids is 4. The van der Waals surface area contributed by atoms with Crippen LogP contribution in [0.3, 0.4) is 0 Å². The van der Waals surface area contributed by atoms with E-state index in [0.717, 1.165) is 41.5 Å². The first-order valence-corrected chi connectivity index (χ1v) is 29.1. The molecule has 2 aromatic carbocycles. The van der Waals surface area contributed by atoms with Gasteiger partial charge in [0.25, 0.3) is 11.5 Å². The van der Waals surface area contributed by atoms with Gasteiger partial charge >= 0.3 is 12.1 Å². The summed E-state index contributed by atoms with van der Waals surface area (Å²) in [5, 5.41) is 44.1. The number of carbonyl (C=O) groups is 5. The zero-order chi connectivity index (χ0) is 59.0. The molecule has 0 spiro atoms. The number of hydrogen-bond donors (Lipinski definition) is 11. The molecule has 0 aliphatic carbocycles. The minimum absolute atomic E-state index is 0.0437. The fraction of sp³-hybridized carbons (Fsp3) is 0.491. The summed E-state index contributed by atoms with van der Waals surface area (Å²) in [6.07, 6.45) is 1.50. The molecule has 13 N–H and O–H groups in total. The number of aryl methyl sites for hydroxylation is 1. The standard InChI is InChI=1S/C53H72N14O13S2/c1-4-5-10-39-64-42-44(35-8-6-7-9-36(35)62-45(42)54)67(39)31-53(2,3)30-59-52(76)80-25-26-81-82-29-38(50(74)75)61-41(69)17-19-77-21-23-79-24-22-78-20-18-56-40(68)16-15-37(49(72)73)63-47(70)32-11-13-33(14-12-32)57-27-34-28-58-46-43(60-34)48(71)66-51(55)65-46/h6-9,11-14,28,37-38,49,57,72-73H,4-5,10,15-27,29-31H2,1-3H3,(H2,54,62)(H,56,68)(H,59,76)(H,61,69)(H,63,70)(H,74,75)(H3,55,58,65,66,71)/t37?,38-/m0/s1. The molecule has 0 aliphatic heterocycles. The van der Waals surface area contributed by atoms with E-state index in [1.807, 2.05) is 24.3 Å². The molecule has 0 radical (unpaired) electrons. The largest absolute Gasteiger partial charge is 0.480 e. The summed E-state index contributed by atoms with van der Waals surface area (Å²) in [5.74, 6) is -0.917. The average molecular weight is 1180 g/mol. The smallest absolute Gasteiger partial charge is 0.407 e. The first kappa shape index (κ1) is 63.8. The van der Waals surface area contributed by atoms with Crippen LogP contribution in [0.15, 0.2) is 59.5 Å². The highest BCUT2D eigenvalue weighted by atomic mass is 33.1. The number of aromatic amines is 1. The Morgan fingerprint density at radius 3 is 2.29 bits per heavy atom. The van der Waals surface area contributed by atoms with E-state index in [1.165, 1.54) is 39.9 Å². The van der Waals surface area contributed by atoms with Crippen LogP contribution in [0.1, 0.15) is 74.8 Å². The highest BCUT2D eigenvalue weighted by Crippen LogP contribution is 2.32. The topological polar surface area (TPSA) is 397 Å². The quantitative estimate of drug-likeness (QED) is 0.0153. The van der Waals surface area contributed by atoms with Crippen molar-refractivity contribution in [3.8, 4) is 0 Å². The molecular weight excluding hydrogens is 1100 g/mol. The number of nitrogens with zero attached hydrogens (tertiary/aromatic N) is 6. The van der Waals surface area contributed by atoms with Gasteiger partial charge in [0.2, 0.25) is 17.8 Å². The van der Waals surface area contributed by atoms with Gasteiger partial charge in [0.15, 0.2) is 23.3 Å². The molecule has 4 amide bonds. The van der Waals surface area contributed by atoms with Crippen LogP contribution in [0.25, 0.3) is 33.1 Å². The first-order chi connectivity index (χ1) is 39.4. The van der Waals surface area contributed by atoms with Gasteiger partial charge in [-0.15, -0.1) is 0 Å². The molecule has 4 aromatic heterocycles. The molecule has 1 unspecified atom stereocenters. The molecule has 0 bridgehead atoms. The molecule has 82 heavy (non-hydrogen) atoms. The Kier molecular flexibility index (Phi) is 25.1. The number of nitrogens with one attached hydrogen (secondary N) is 6. The molecule has 0 aliphatic rings. The van der Waals surface area contributed by atoms with Crippen LogP contribution < -0.4 is 43.6 Å². The Bertz CT molecular complexity index is 3150. The second-order valence-electron chi connectivity index (χ2n) is 19.5. The Morgan fingerprint density at radius 2 is 1.56 bits per heavy atom. The molecule has 0 saturated heterocycles. The zero-order valence-electron chi connectivity index (χ0n) is 45.9. The number of aliphatic hydroxyl groups excluding tert-OH is 1. The van der Waals surface area contributed by atoms with Gasteiger partial charge in [-0.25, -0.2) is 29.5 Å². The molecule has 6 rings (SSSR count). The van der Waals surface area contributed by atoms with Gasteiger partial charge in [0.05, 0.1) is 75.2 Å². The van der Waals surface area contributed by atoms with E-state index >= 15 is 0 Å². The number of aromatic nitrogens is 7. The number of aliphatic carboxylic acids is 1. The summed E-state index contributed by atoms with van der Waals surface area (Å²) in [5.41, 5.74) is 14.9. The number of imidazole rings is 1. The number of pyridine rings is 1. The third-order valence-corrected chi connectivity index (χ3v) is 14.7. The SMILES string of the molecule is CCCCc1nc2c(N)nc3ccccc3c2n1CC(C)(C)CNC(=O)OCCSSC[C@H](NC(=O)CCOCCOCCOCCNC(=O)CCC(NC(=O)c1ccc(NCc2cnc3nc(N)[nH]c(=O)c3n2)cc1)C(O)O)C(=O)O. The number of aliphatic hydroxyl groups is 2. The van der Waals surface area contributed by atoms with E-state index in [4.69, 9.17) is 35.4 Å². The lowest BCUT2D eigenvalue weighted by Gasteiger charge is -2.27. The van der Waals surface area contributed by atoms with Gasteiger partial charge in [-0.2, -0.15) is 4.98 Å². The lowest BCUT2D eigenvalue weighted by molar-refractivity contribution is -0.141. The summed E-state index contributed by atoms with van der Waals surface area (Å²) in [4.78, 5) is 98.7. The number of benzene rings is 2. The summed E-state index contributed by atoms with van der Waals surface area (Å²) < 4.78 is 24.0. The van der Waals surface area contributed by atoms with Crippen LogP contribution in [0.5, 0.6) is 0 Å². The molecule has 27 nitrogen and oxygen atoms in total. The van der Waals surface area contributed by atoms with Gasteiger partial charge in [0.1, 0.15) is 24.0 Å². The van der Waals surface area contributed by atoms with Gasteiger partial charge in [-0.3, -0.25) is 24.2 Å². The number of amides is 4. The van der Waals surface area contributed by atoms with E-state index in [0.29, 0.717) is 41.6 Å². The molecule has 0 saturated carbocycles. The number of carboxylic acids is 1. The van der Waals surface area contributed by atoms with Crippen molar-refractivity contribution in [2.45, 2.75) is 90.8 Å². The average Bonchev–Trinajstić information content (AvgIpc) is 3.81. The van der Waals surface area contributed by atoms with Crippen molar-refractivity contribution in [1.29, 1.82) is 0 Å². The highest BCUT2D eigenvalue weighted by molar-refractivity contribution is 8.76. The first-order valence-electron chi connectivity index (χ1n) is 26.6. The van der Waals surface area contributed by atoms with E-state index in [1.54, 1.807) is 12.1 Å². The number of ether oxygens (including phenoxy) is 4. The third-order valence-electron chi connectivity index (χ3n) is 12.3. The van der Waals surface area contributed by atoms with E-state index < -0.39 is 53.2 Å². The monoisotopic (exact) mass is 1180 g/mol. The Labute approximate surface area is 480 Å². The van der Waals surface area contributed by atoms with Crippen LogP contribution in [0, 0.1) is 5.41 Å². The van der Waals surface area contributed by atoms with Crippen molar-refractivity contribution in [3.63, 3.8) is 0 Å². The maximum absolute atomic E-state index is 12.9. The van der Waals surface area contributed by atoms with Crippen molar-refractivity contribution < 1.29 is 58.2 Å². The number of carboxylic acid groups (broad SMARTS) is 1. The van der Waals surface area contributed by atoms with Crippen molar-refractivity contribution >= 4 is 102 Å². The second-order valence-corrected chi connectivity index (χ2v) is 22.2. The maximum Gasteiger partial charge on any atom is 0.407 e. The van der Waals surface area contributed by atoms with Crippen molar-refractivity contribution in [2.24, 2.45) is 5.41 Å². The number of anilines is 3. The molecule has 444 valence electrons. The predicted molar refractivity (Wildman–Crippen MR) is 311 cm³/mol. The van der Waals surface area contributed by atoms with Gasteiger partial charge < -0.3 is 76.9 Å². The molecule has 2 atom stereocenters. The Morgan fingerprint density at radius 1 is 0.829 bits per heavy atom.